The molecule has 1 N–H and O–H groups in total. The molecule has 26 heavy (non-hydrogen) atoms. The highest BCUT2D eigenvalue weighted by molar-refractivity contribution is 5.87. The van der Waals surface area contributed by atoms with Gasteiger partial charge in [0.25, 0.3) is 0 Å². The predicted molar refractivity (Wildman–Crippen MR) is 95.1 cm³/mol. The second kappa shape index (κ2) is 8.32. The number of furan rings is 1. The first-order valence-electron chi connectivity index (χ1n) is 8.39. The van der Waals surface area contributed by atoms with Crippen LogP contribution in [-0.2, 0) is 23.2 Å². The van der Waals surface area contributed by atoms with E-state index in [1.165, 1.54) is 0 Å². The minimum absolute atomic E-state index is 0.350. The summed E-state index contributed by atoms with van der Waals surface area (Å²) in [5.74, 6) is -0.0888. The van der Waals surface area contributed by atoms with Gasteiger partial charge < -0.3 is 19.0 Å². The molecule has 7 heteroatoms. The first-order chi connectivity index (χ1) is 12.7. The van der Waals surface area contributed by atoms with Gasteiger partial charge in [0, 0.05) is 20.2 Å². The highest BCUT2D eigenvalue weighted by Gasteiger charge is 2.25. The maximum Gasteiger partial charge on any atom is 0.245 e. The number of imidazole rings is 1. The molecule has 0 aliphatic rings. The standard InChI is InChI=1S/C19H20N4O3/c1-23-17-8-3-2-7-16(17)22-18(23)15(12-20)19(24)21-9-5-10-25-13-14-6-4-11-26-14/h2-4,6-8,11,15H,5,9-10,13H2,1H3,(H,21,24)/t15-/m1/s1. The normalized spacial score (nSPS) is 12.0. The van der Waals surface area contributed by atoms with Gasteiger partial charge in [0.15, 0.2) is 5.92 Å². The number of nitrogens with zero attached hydrogens (tertiary/aromatic N) is 3. The smallest absolute Gasteiger partial charge is 0.245 e. The average molecular weight is 352 g/mol. The minimum Gasteiger partial charge on any atom is -0.467 e. The van der Waals surface area contributed by atoms with E-state index in [2.05, 4.69) is 16.4 Å². The van der Waals surface area contributed by atoms with Crippen LogP contribution in [0, 0.1) is 11.3 Å². The van der Waals surface area contributed by atoms with Gasteiger partial charge in [-0.2, -0.15) is 5.26 Å². The number of hydrogen-bond donors (Lipinski definition) is 1. The third-order valence-electron chi connectivity index (χ3n) is 4.06. The van der Waals surface area contributed by atoms with Crippen molar-refractivity contribution in [1.82, 2.24) is 14.9 Å². The molecule has 134 valence electrons. The van der Waals surface area contributed by atoms with E-state index in [4.69, 9.17) is 9.15 Å². The van der Waals surface area contributed by atoms with Gasteiger partial charge in [-0.05, 0) is 30.7 Å². The molecular weight excluding hydrogens is 332 g/mol. The van der Waals surface area contributed by atoms with Crippen molar-refractivity contribution in [2.24, 2.45) is 7.05 Å². The van der Waals surface area contributed by atoms with Crippen molar-refractivity contribution in [3.63, 3.8) is 0 Å². The van der Waals surface area contributed by atoms with Crippen LogP contribution < -0.4 is 5.32 Å². The number of aryl methyl sites for hydroxylation is 1. The Hall–Kier alpha value is -3.11. The summed E-state index contributed by atoms with van der Waals surface area (Å²) >= 11 is 0. The number of hydrogen-bond acceptors (Lipinski definition) is 5. The Morgan fingerprint density at radius 3 is 2.96 bits per heavy atom. The summed E-state index contributed by atoms with van der Waals surface area (Å²) in [6, 6.07) is 13.3. The molecule has 1 atom stereocenters. The predicted octanol–water partition coefficient (Wildman–Crippen LogP) is 2.50. The zero-order valence-electron chi connectivity index (χ0n) is 14.5. The molecular formula is C19H20N4O3. The number of carbonyl (C=O) groups excluding carboxylic acids is 1. The van der Waals surface area contributed by atoms with Crippen molar-refractivity contribution >= 4 is 16.9 Å². The summed E-state index contributed by atoms with van der Waals surface area (Å²) in [5.41, 5.74) is 1.66. The van der Waals surface area contributed by atoms with Crippen molar-refractivity contribution in [3.05, 3.63) is 54.2 Å². The molecule has 0 aliphatic heterocycles. The number of nitriles is 1. The van der Waals surface area contributed by atoms with Gasteiger partial charge >= 0.3 is 0 Å². The maximum atomic E-state index is 12.4. The van der Waals surface area contributed by atoms with Gasteiger partial charge in [0.2, 0.25) is 5.91 Å². The minimum atomic E-state index is -0.948. The molecule has 3 rings (SSSR count). The summed E-state index contributed by atoms with van der Waals surface area (Å²) in [7, 11) is 1.81. The van der Waals surface area contributed by atoms with Gasteiger partial charge in [-0.25, -0.2) is 4.98 Å². The molecule has 2 heterocycles. The van der Waals surface area contributed by atoms with Gasteiger partial charge in [-0.1, -0.05) is 12.1 Å². The van der Waals surface area contributed by atoms with Gasteiger partial charge in [-0.15, -0.1) is 0 Å². The largest absolute Gasteiger partial charge is 0.467 e. The molecule has 0 spiro atoms. The number of carbonyl (C=O) groups is 1. The third-order valence-corrected chi connectivity index (χ3v) is 4.06. The number of amides is 1. The van der Waals surface area contributed by atoms with Gasteiger partial charge in [0.1, 0.15) is 18.2 Å². The molecule has 1 aromatic carbocycles. The first-order valence-corrected chi connectivity index (χ1v) is 8.39. The maximum absolute atomic E-state index is 12.4. The van der Waals surface area contributed by atoms with Crippen molar-refractivity contribution in [2.45, 2.75) is 18.9 Å². The fraction of sp³-hybridized carbons (Fsp3) is 0.316. The number of fused-ring (bicyclic) bond motifs is 1. The Bertz CT molecular complexity index is 909. The lowest BCUT2D eigenvalue weighted by atomic mass is 10.1. The van der Waals surface area contributed by atoms with Crippen LogP contribution in [0.4, 0.5) is 0 Å². The zero-order valence-corrected chi connectivity index (χ0v) is 14.5. The second-order valence-corrected chi connectivity index (χ2v) is 5.86. The van der Waals surface area contributed by atoms with E-state index in [9.17, 15) is 10.1 Å². The quantitative estimate of drug-likeness (QED) is 0.629. The SMILES string of the molecule is Cn1c([C@@H](C#N)C(=O)NCCCOCc2ccco2)nc2ccccc21. The number of para-hydroxylation sites is 2. The molecule has 0 saturated carbocycles. The van der Waals surface area contributed by atoms with Crippen LogP contribution >= 0.6 is 0 Å². The Labute approximate surface area is 151 Å². The average Bonchev–Trinajstić information content (AvgIpc) is 3.28. The van der Waals surface area contributed by atoms with E-state index < -0.39 is 5.92 Å². The van der Waals surface area contributed by atoms with E-state index in [0.29, 0.717) is 32.0 Å². The molecule has 0 bridgehead atoms. The lowest BCUT2D eigenvalue weighted by Gasteiger charge is -2.10. The third kappa shape index (κ3) is 3.92. The first kappa shape index (κ1) is 17.7. The van der Waals surface area contributed by atoms with Crippen LogP contribution in [0.2, 0.25) is 0 Å². The summed E-state index contributed by atoms with van der Waals surface area (Å²) in [5, 5.41) is 12.2. The van der Waals surface area contributed by atoms with Crippen molar-refractivity contribution < 1.29 is 13.9 Å². The van der Waals surface area contributed by atoms with Crippen molar-refractivity contribution in [2.75, 3.05) is 13.2 Å². The van der Waals surface area contributed by atoms with Gasteiger partial charge in [0.05, 0.1) is 23.4 Å². The zero-order chi connectivity index (χ0) is 18.4. The summed E-state index contributed by atoms with van der Waals surface area (Å²) < 4.78 is 12.4. The second-order valence-electron chi connectivity index (χ2n) is 5.86. The van der Waals surface area contributed by atoms with Crippen molar-refractivity contribution in [3.8, 4) is 6.07 Å². The summed E-state index contributed by atoms with van der Waals surface area (Å²) in [6.45, 7) is 1.32. The Balaban J connectivity index is 1.50. The Morgan fingerprint density at radius 2 is 2.23 bits per heavy atom. The van der Waals surface area contributed by atoms with Crippen LogP contribution in [-0.4, -0.2) is 28.6 Å². The molecule has 0 radical (unpaired) electrons. The van der Waals surface area contributed by atoms with E-state index in [1.807, 2.05) is 43.4 Å². The number of ether oxygens (including phenoxy) is 1. The highest BCUT2D eigenvalue weighted by Crippen LogP contribution is 2.20. The summed E-state index contributed by atoms with van der Waals surface area (Å²) in [6.07, 6.45) is 2.25. The van der Waals surface area contributed by atoms with Crippen LogP contribution in [0.1, 0.15) is 23.9 Å². The lowest BCUT2D eigenvalue weighted by molar-refractivity contribution is -0.121. The molecule has 7 nitrogen and oxygen atoms in total. The monoisotopic (exact) mass is 352 g/mol. The number of aromatic nitrogens is 2. The number of nitrogens with one attached hydrogen (secondary N) is 1. The Kier molecular flexibility index (Phi) is 5.66. The number of rotatable bonds is 8. The number of benzene rings is 1. The molecule has 0 fully saturated rings. The Morgan fingerprint density at radius 1 is 1.38 bits per heavy atom. The molecule has 0 unspecified atom stereocenters. The fourth-order valence-electron chi connectivity index (χ4n) is 2.71. The van der Waals surface area contributed by atoms with Crippen LogP contribution in [0.5, 0.6) is 0 Å². The molecule has 0 aliphatic carbocycles. The molecule has 0 saturated heterocycles. The highest BCUT2D eigenvalue weighted by atomic mass is 16.5. The molecule has 3 aromatic rings. The van der Waals surface area contributed by atoms with E-state index in [1.54, 1.807) is 10.8 Å². The van der Waals surface area contributed by atoms with Crippen LogP contribution in [0.25, 0.3) is 11.0 Å². The van der Waals surface area contributed by atoms with Gasteiger partial charge in [-0.3, -0.25) is 4.79 Å². The molecule has 1 amide bonds. The van der Waals surface area contributed by atoms with E-state index in [0.717, 1.165) is 16.8 Å². The van der Waals surface area contributed by atoms with E-state index in [-0.39, 0.29) is 5.91 Å². The van der Waals surface area contributed by atoms with Crippen LogP contribution in [0.15, 0.2) is 47.1 Å². The van der Waals surface area contributed by atoms with E-state index >= 15 is 0 Å². The fourth-order valence-corrected chi connectivity index (χ4v) is 2.71. The lowest BCUT2D eigenvalue weighted by Crippen LogP contribution is -2.31. The van der Waals surface area contributed by atoms with Crippen molar-refractivity contribution in [1.29, 1.82) is 5.26 Å². The van der Waals surface area contributed by atoms with Crippen LogP contribution in [0.3, 0.4) is 0 Å². The molecule has 2 aromatic heterocycles. The summed E-state index contributed by atoms with van der Waals surface area (Å²) in [4.78, 5) is 16.8. The topological polar surface area (TPSA) is 93.1 Å².